The molecule has 0 amide bonds. The maximum atomic E-state index is 3.65. The summed E-state index contributed by atoms with van der Waals surface area (Å²) < 4.78 is 1.12. The Morgan fingerprint density at radius 1 is 0.850 bits per heavy atom. The number of nitrogens with one attached hydrogen (secondary N) is 1. The summed E-state index contributed by atoms with van der Waals surface area (Å²) >= 11 is 3.48. The Bertz CT molecular complexity index is 530. The van der Waals surface area contributed by atoms with Crippen molar-refractivity contribution in [3.63, 3.8) is 0 Å². The Labute approximate surface area is 130 Å². The van der Waals surface area contributed by atoms with Gasteiger partial charge in [0, 0.05) is 16.6 Å². The highest BCUT2D eigenvalue weighted by molar-refractivity contribution is 9.10. The van der Waals surface area contributed by atoms with Crippen molar-refractivity contribution in [1.82, 2.24) is 5.32 Å². The maximum Gasteiger partial charge on any atom is 0.0297 e. The number of hydrogen-bond acceptors (Lipinski definition) is 1. The molecule has 0 aliphatic heterocycles. The van der Waals surface area contributed by atoms with Crippen LogP contribution in [0, 0.1) is 0 Å². The monoisotopic (exact) mass is 331 g/mol. The van der Waals surface area contributed by atoms with Crippen LogP contribution in [0.2, 0.25) is 0 Å². The van der Waals surface area contributed by atoms with Crippen molar-refractivity contribution in [1.29, 1.82) is 0 Å². The highest BCUT2D eigenvalue weighted by Crippen LogP contribution is 2.21. The van der Waals surface area contributed by atoms with E-state index in [0.717, 1.165) is 10.9 Å². The SMILES string of the molecule is CCc1ccc(C(C)N[C@H](C)c2ccc(Br)cc2)cc1. The largest absolute Gasteiger partial charge is 0.304 e. The fraction of sp³-hybridized carbons (Fsp3) is 0.333. The fourth-order valence-corrected chi connectivity index (χ4v) is 2.63. The van der Waals surface area contributed by atoms with E-state index in [1.54, 1.807) is 0 Å². The van der Waals surface area contributed by atoms with Crippen molar-refractivity contribution in [2.75, 3.05) is 0 Å². The molecule has 2 rings (SSSR count). The van der Waals surface area contributed by atoms with E-state index in [2.05, 4.69) is 90.5 Å². The van der Waals surface area contributed by atoms with E-state index in [9.17, 15) is 0 Å². The van der Waals surface area contributed by atoms with Crippen molar-refractivity contribution in [3.8, 4) is 0 Å². The topological polar surface area (TPSA) is 12.0 Å². The average Bonchev–Trinajstić information content (AvgIpc) is 2.48. The van der Waals surface area contributed by atoms with Gasteiger partial charge in [0.05, 0.1) is 0 Å². The van der Waals surface area contributed by atoms with Crippen molar-refractivity contribution < 1.29 is 0 Å². The summed E-state index contributed by atoms with van der Waals surface area (Å²) in [5, 5.41) is 3.65. The first-order valence-corrected chi connectivity index (χ1v) is 7.99. The highest BCUT2D eigenvalue weighted by Gasteiger charge is 2.10. The molecule has 2 aromatic carbocycles. The average molecular weight is 332 g/mol. The number of rotatable bonds is 5. The quantitative estimate of drug-likeness (QED) is 0.770. The van der Waals surface area contributed by atoms with E-state index >= 15 is 0 Å². The summed E-state index contributed by atoms with van der Waals surface area (Å²) in [6, 6.07) is 18.1. The smallest absolute Gasteiger partial charge is 0.0297 e. The second-order valence-corrected chi connectivity index (χ2v) is 6.17. The molecule has 0 bridgehead atoms. The van der Waals surface area contributed by atoms with Crippen LogP contribution < -0.4 is 5.32 Å². The van der Waals surface area contributed by atoms with Crippen LogP contribution in [-0.4, -0.2) is 0 Å². The summed E-state index contributed by atoms with van der Waals surface area (Å²) in [5.74, 6) is 0. The minimum absolute atomic E-state index is 0.337. The molecule has 1 unspecified atom stereocenters. The van der Waals surface area contributed by atoms with Crippen molar-refractivity contribution in [2.24, 2.45) is 0 Å². The van der Waals surface area contributed by atoms with Crippen LogP contribution in [0.15, 0.2) is 53.0 Å². The lowest BCUT2D eigenvalue weighted by Crippen LogP contribution is -2.22. The lowest BCUT2D eigenvalue weighted by molar-refractivity contribution is 0.494. The number of aryl methyl sites for hydroxylation is 1. The third kappa shape index (κ3) is 3.94. The van der Waals surface area contributed by atoms with Gasteiger partial charge < -0.3 is 5.32 Å². The van der Waals surface area contributed by atoms with Gasteiger partial charge in [0.15, 0.2) is 0 Å². The molecule has 0 aliphatic rings. The van der Waals surface area contributed by atoms with Crippen LogP contribution in [0.4, 0.5) is 0 Å². The molecule has 0 spiro atoms. The van der Waals surface area contributed by atoms with Gasteiger partial charge in [0.2, 0.25) is 0 Å². The molecule has 0 saturated carbocycles. The number of halogens is 1. The zero-order valence-corrected chi connectivity index (χ0v) is 13.9. The molecule has 20 heavy (non-hydrogen) atoms. The number of hydrogen-bond donors (Lipinski definition) is 1. The molecule has 2 atom stereocenters. The zero-order chi connectivity index (χ0) is 14.5. The van der Waals surface area contributed by atoms with Crippen LogP contribution in [0.3, 0.4) is 0 Å². The van der Waals surface area contributed by atoms with E-state index in [-0.39, 0.29) is 0 Å². The third-order valence-electron chi connectivity index (χ3n) is 3.76. The van der Waals surface area contributed by atoms with Gasteiger partial charge in [-0.15, -0.1) is 0 Å². The molecule has 0 aromatic heterocycles. The predicted molar refractivity (Wildman–Crippen MR) is 89.9 cm³/mol. The van der Waals surface area contributed by atoms with E-state index in [1.165, 1.54) is 16.7 Å². The number of benzene rings is 2. The first-order chi connectivity index (χ1) is 9.60. The second kappa shape index (κ2) is 7.05. The molecular weight excluding hydrogens is 310 g/mol. The van der Waals surface area contributed by atoms with Gasteiger partial charge in [-0.1, -0.05) is 59.3 Å². The summed E-state index contributed by atoms with van der Waals surface area (Å²) in [5.41, 5.74) is 4.04. The lowest BCUT2D eigenvalue weighted by Gasteiger charge is -2.21. The van der Waals surface area contributed by atoms with Gasteiger partial charge in [-0.25, -0.2) is 0 Å². The molecule has 2 heteroatoms. The predicted octanol–water partition coefficient (Wildman–Crippen LogP) is 5.42. The molecule has 0 saturated heterocycles. The van der Waals surface area contributed by atoms with E-state index in [1.807, 2.05) is 0 Å². The van der Waals surface area contributed by atoms with Crippen LogP contribution in [0.25, 0.3) is 0 Å². The van der Waals surface area contributed by atoms with Crippen LogP contribution in [0.5, 0.6) is 0 Å². The molecule has 0 heterocycles. The van der Waals surface area contributed by atoms with Gasteiger partial charge in [-0.2, -0.15) is 0 Å². The summed E-state index contributed by atoms with van der Waals surface area (Å²) in [6.45, 7) is 6.61. The lowest BCUT2D eigenvalue weighted by atomic mass is 10.0. The first-order valence-electron chi connectivity index (χ1n) is 7.20. The van der Waals surface area contributed by atoms with Crippen molar-refractivity contribution >= 4 is 15.9 Å². The molecule has 0 fully saturated rings. The van der Waals surface area contributed by atoms with Gasteiger partial charge in [0.1, 0.15) is 0 Å². The van der Waals surface area contributed by atoms with Gasteiger partial charge in [-0.3, -0.25) is 0 Å². The first kappa shape index (κ1) is 15.3. The molecule has 2 aromatic rings. The minimum atomic E-state index is 0.337. The fourth-order valence-electron chi connectivity index (χ4n) is 2.36. The van der Waals surface area contributed by atoms with Crippen LogP contribution in [-0.2, 0) is 6.42 Å². The van der Waals surface area contributed by atoms with Gasteiger partial charge in [0.25, 0.3) is 0 Å². The van der Waals surface area contributed by atoms with Gasteiger partial charge in [-0.05, 0) is 49.1 Å². The third-order valence-corrected chi connectivity index (χ3v) is 4.29. The molecule has 1 N–H and O–H groups in total. The Morgan fingerprint density at radius 2 is 1.30 bits per heavy atom. The maximum absolute atomic E-state index is 3.65. The van der Waals surface area contributed by atoms with E-state index in [4.69, 9.17) is 0 Å². The van der Waals surface area contributed by atoms with Gasteiger partial charge >= 0.3 is 0 Å². The highest BCUT2D eigenvalue weighted by atomic mass is 79.9. The van der Waals surface area contributed by atoms with Crippen LogP contribution in [0.1, 0.15) is 49.5 Å². The Kier molecular flexibility index (Phi) is 5.38. The van der Waals surface area contributed by atoms with E-state index < -0.39 is 0 Å². The van der Waals surface area contributed by atoms with E-state index in [0.29, 0.717) is 12.1 Å². The minimum Gasteiger partial charge on any atom is -0.304 e. The Hall–Kier alpha value is -1.12. The molecule has 1 nitrogen and oxygen atoms in total. The summed E-state index contributed by atoms with van der Waals surface area (Å²) in [6.07, 6.45) is 1.09. The molecule has 0 aliphatic carbocycles. The molecular formula is C18H22BrN. The molecule has 106 valence electrons. The zero-order valence-electron chi connectivity index (χ0n) is 12.4. The van der Waals surface area contributed by atoms with Crippen molar-refractivity contribution in [3.05, 3.63) is 69.7 Å². The molecule has 0 radical (unpaired) electrons. The Morgan fingerprint density at radius 3 is 1.75 bits per heavy atom. The summed E-state index contributed by atoms with van der Waals surface area (Å²) in [7, 11) is 0. The van der Waals surface area contributed by atoms with Crippen molar-refractivity contribution in [2.45, 2.75) is 39.3 Å². The van der Waals surface area contributed by atoms with Crippen LogP contribution >= 0.6 is 15.9 Å². The standard InChI is InChI=1S/C18H22BrN/c1-4-15-5-7-16(8-6-15)13(2)20-14(3)17-9-11-18(19)12-10-17/h5-14,20H,4H2,1-3H3/t13?,14-/m1/s1. The normalized spacial score (nSPS) is 14.0. The summed E-state index contributed by atoms with van der Waals surface area (Å²) in [4.78, 5) is 0. The second-order valence-electron chi connectivity index (χ2n) is 5.26. The Balaban J connectivity index is 2.02.